The van der Waals surface area contributed by atoms with E-state index in [-0.39, 0.29) is 16.9 Å². The Balaban J connectivity index is 1.72. The van der Waals surface area contributed by atoms with E-state index in [1.165, 1.54) is 18.7 Å². The number of para-hydroxylation sites is 2. The zero-order chi connectivity index (χ0) is 17.1. The maximum Gasteiger partial charge on any atom is 0.237 e. The second kappa shape index (κ2) is 7.15. The van der Waals surface area contributed by atoms with E-state index in [9.17, 15) is 9.59 Å². The molecule has 1 amide bonds. The molecule has 0 aliphatic carbocycles. The minimum Gasteiger partial charge on any atom is -0.324 e. The van der Waals surface area contributed by atoms with Gasteiger partial charge >= 0.3 is 0 Å². The van der Waals surface area contributed by atoms with E-state index in [1.54, 1.807) is 35.6 Å². The van der Waals surface area contributed by atoms with Crippen molar-refractivity contribution < 1.29 is 9.59 Å². The summed E-state index contributed by atoms with van der Waals surface area (Å²) in [5.41, 5.74) is 2.01. The lowest BCUT2D eigenvalue weighted by molar-refractivity contribution is -0.115. The molecule has 0 aliphatic heterocycles. The van der Waals surface area contributed by atoms with Crippen molar-refractivity contribution in [3.05, 3.63) is 54.1 Å². The van der Waals surface area contributed by atoms with Crippen molar-refractivity contribution in [3.8, 4) is 0 Å². The summed E-state index contributed by atoms with van der Waals surface area (Å²) in [6, 6.07) is 14.9. The van der Waals surface area contributed by atoms with Gasteiger partial charge in [0.15, 0.2) is 10.1 Å². The van der Waals surface area contributed by atoms with E-state index >= 15 is 0 Å². The minimum atomic E-state index is -0.314. The summed E-state index contributed by atoms with van der Waals surface area (Å²) in [6.07, 6.45) is 0. The van der Waals surface area contributed by atoms with Gasteiger partial charge in [-0.05, 0) is 38.1 Å². The van der Waals surface area contributed by atoms with E-state index < -0.39 is 0 Å². The van der Waals surface area contributed by atoms with Crippen LogP contribution >= 0.6 is 23.1 Å². The van der Waals surface area contributed by atoms with Crippen molar-refractivity contribution >= 4 is 50.7 Å². The number of aromatic nitrogens is 1. The lowest BCUT2D eigenvalue weighted by atomic mass is 10.1. The number of fused-ring (bicyclic) bond motifs is 1. The van der Waals surface area contributed by atoms with E-state index in [0.717, 1.165) is 14.6 Å². The fourth-order valence-electron chi connectivity index (χ4n) is 2.24. The smallest absolute Gasteiger partial charge is 0.237 e. The number of carbonyl (C=O) groups excluding carboxylic acids is 2. The number of carbonyl (C=O) groups is 2. The SMILES string of the molecule is CC(=O)c1ccccc1NC(=O)C(C)Sc1nc2ccccc2s1. The molecule has 3 rings (SSSR count). The predicted octanol–water partition coefficient (Wildman–Crippen LogP) is 4.62. The molecule has 1 aromatic heterocycles. The van der Waals surface area contributed by atoms with Gasteiger partial charge in [-0.3, -0.25) is 9.59 Å². The van der Waals surface area contributed by atoms with Crippen molar-refractivity contribution in [2.45, 2.75) is 23.4 Å². The lowest BCUT2D eigenvalue weighted by Gasteiger charge is -2.12. The Morgan fingerprint density at radius 2 is 1.83 bits per heavy atom. The number of ketones is 1. The molecule has 4 nitrogen and oxygen atoms in total. The van der Waals surface area contributed by atoms with Gasteiger partial charge in [-0.1, -0.05) is 36.0 Å². The predicted molar refractivity (Wildman–Crippen MR) is 100 cm³/mol. The zero-order valence-corrected chi connectivity index (χ0v) is 14.9. The third kappa shape index (κ3) is 3.66. The van der Waals surface area contributed by atoms with Crippen LogP contribution in [-0.2, 0) is 4.79 Å². The molecule has 0 fully saturated rings. The first-order valence-corrected chi connectivity index (χ1v) is 9.17. The average Bonchev–Trinajstić information content (AvgIpc) is 2.97. The summed E-state index contributed by atoms with van der Waals surface area (Å²) in [5, 5.41) is 2.53. The normalized spacial score (nSPS) is 12.1. The third-order valence-electron chi connectivity index (χ3n) is 3.49. The zero-order valence-electron chi connectivity index (χ0n) is 13.3. The van der Waals surface area contributed by atoms with Gasteiger partial charge in [-0.2, -0.15) is 0 Å². The van der Waals surface area contributed by atoms with Crippen LogP contribution in [0.5, 0.6) is 0 Å². The van der Waals surface area contributed by atoms with Crippen molar-refractivity contribution in [1.82, 2.24) is 4.98 Å². The van der Waals surface area contributed by atoms with Gasteiger partial charge in [-0.15, -0.1) is 11.3 Å². The fraction of sp³-hybridized carbons (Fsp3) is 0.167. The van der Waals surface area contributed by atoms with Crippen LogP contribution in [0, 0.1) is 0 Å². The molecular weight excluding hydrogens is 340 g/mol. The molecule has 0 saturated heterocycles. The summed E-state index contributed by atoms with van der Waals surface area (Å²) in [4.78, 5) is 28.6. The molecule has 122 valence electrons. The van der Waals surface area contributed by atoms with Crippen LogP contribution in [0.15, 0.2) is 52.9 Å². The molecule has 3 aromatic rings. The Morgan fingerprint density at radius 3 is 2.58 bits per heavy atom. The van der Waals surface area contributed by atoms with Gasteiger partial charge in [0.05, 0.1) is 21.2 Å². The van der Waals surface area contributed by atoms with Crippen LogP contribution in [0.25, 0.3) is 10.2 Å². The van der Waals surface area contributed by atoms with Gasteiger partial charge in [0.25, 0.3) is 0 Å². The second-order valence-corrected chi connectivity index (χ2v) is 7.92. The standard InChI is InChI=1S/C18H16N2O2S2/c1-11(21)13-7-3-4-8-14(13)19-17(22)12(2)23-18-20-15-9-5-6-10-16(15)24-18/h3-10,12H,1-2H3,(H,19,22). The first kappa shape index (κ1) is 16.7. The van der Waals surface area contributed by atoms with Crippen molar-refractivity contribution in [2.24, 2.45) is 0 Å². The monoisotopic (exact) mass is 356 g/mol. The Labute approximate surface area is 148 Å². The van der Waals surface area contributed by atoms with Crippen LogP contribution in [0.3, 0.4) is 0 Å². The molecule has 1 atom stereocenters. The number of thiazole rings is 1. The Morgan fingerprint density at radius 1 is 1.12 bits per heavy atom. The van der Waals surface area contributed by atoms with Gasteiger partial charge < -0.3 is 5.32 Å². The highest BCUT2D eigenvalue weighted by molar-refractivity contribution is 8.02. The number of amides is 1. The molecule has 1 N–H and O–H groups in total. The summed E-state index contributed by atoms with van der Waals surface area (Å²) in [7, 11) is 0. The van der Waals surface area contributed by atoms with E-state index in [4.69, 9.17) is 0 Å². The van der Waals surface area contributed by atoms with Crippen LogP contribution in [0.1, 0.15) is 24.2 Å². The van der Waals surface area contributed by atoms with Gasteiger partial charge in [0.2, 0.25) is 5.91 Å². The minimum absolute atomic E-state index is 0.0719. The van der Waals surface area contributed by atoms with Crippen LogP contribution in [0.2, 0.25) is 0 Å². The molecule has 0 saturated carbocycles. The summed E-state index contributed by atoms with van der Waals surface area (Å²) < 4.78 is 1.97. The van der Waals surface area contributed by atoms with Crippen LogP contribution < -0.4 is 5.32 Å². The highest BCUT2D eigenvalue weighted by Gasteiger charge is 2.18. The number of thioether (sulfide) groups is 1. The van der Waals surface area contributed by atoms with Crippen molar-refractivity contribution in [1.29, 1.82) is 0 Å². The number of nitrogens with one attached hydrogen (secondary N) is 1. The highest BCUT2D eigenvalue weighted by Crippen LogP contribution is 2.32. The molecule has 0 radical (unpaired) electrons. The number of hydrogen-bond acceptors (Lipinski definition) is 5. The van der Waals surface area contributed by atoms with Crippen molar-refractivity contribution in [2.75, 3.05) is 5.32 Å². The molecule has 6 heteroatoms. The third-order valence-corrected chi connectivity index (χ3v) is 5.72. The quantitative estimate of drug-likeness (QED) is 0.535. The summed E-state index contributed by atoms with van der Waals surface area (Å²) in [6.45, 7) is 3.33. The Bertz CT molecular complexity index is 872. The number of hydrogen-bond donors (Lipinski definition) is 1. The Kier molecular flexibility index (Phi) is 4.97. The van der Waals surface area contributed by atoms with Gasteiger partial charge in [0.1, 0.15) is 0 Å². The molecule has 0 aliphatic rings. The molecular formula is C18H16N2O2S2. The summed E-state index contributed by atoms with van der Waals surface area (Å²) >= 11 is 3.00. The largest absolute Gasteiger partial charge is 0.324 e. The van der Waals surface area contributed by atoms with E-state index in [2.05, 4.69) is 10.3 Å². The summed E-state index contributed by atoms with van der Waals surface area (Å²) in [5.74, 6) is -0.217. The maximum absolute atomic E-state index is 12.4. The topological polar surface area (TPSA) is 59.1 Å². The molecule has 1 heterocycles. The van der Waals surface area contributed by atoms with Gasteiger partial charge in [0, 0.05) is 5.56 Å². The highest BCUT2D eigenvalue weighted by atomic mass is 32.2. The van der Waals surface area contributed by atoms with Crippen molar-refractivity contribution in [3.63, 3.8) is 0 Å². The van der Waals surface area contributed by atoms with E-state index in [0.29, 0.717) is 11.3 Å². The number of nitrogens with zero attached hydrogens (tertiary/aromatic N) is 1. The lowest BCUT2D eigenvalue weighted by Crippen LogP contribution is -2.23. The van der Waals surface area contributed by atoms with Crippen LogP contribution in [0.4, 0.5) is 5.69 Å². The number of rotatable bonds is 5. The number of benzene rings is 2. The first-order chi connectivity index (χ1) is 11.5. The molecule has 0 spiro atoms. The maximum atomic E-state index is 12.4. The molecule has 0 bridgehead atoms. The fourth-order valence-corrected chi connectivity index (χ4v) is 4.45. The molecule has 24 heavy (non-hydrogen) atoms. The van der Waals surface area contributed by atoms with Gasteiger partial charge in [-0.25, -0.2) is 4.98 Å². The Hall–Kier alpha value is -2.18. The van der Waals surface area contributed by atoms with E-state index in [1.807, 2.05) is 31.2 Å². The molecule has 2 aromatic carbocycles. The molecule has 1 unspecified atom stereocenters. The first-order valence-electron chi connectivity index (χ1n) is 7.47. The second-order valence-electron chi connectivity index (χ2n) is 5.30. The number of Topliss-reactive ketones (excluding diaryl/α,β-unsaturated/α-hetero) is 1. The number of anilines is 1. The van der Waals surface area contributed by atoms with Crippen LogP contribution in [-0.4, -0.2) is 21.9 Å². The average molecular weight is 356 g/mol.